The van der Waals surface area contributed by atoms with E-state index in [1.165, 1.54) is 11.1 Å². The minimum absolute atomic E-state index is 0.114. The summed E-state index contributed by atoms with van der Waals surface area (Å²) in [6.07, 6.45) is -0.963. The lowest BCUT2D eigenvalue weighted by Gasteiger charge is -2.43. The van der Waals surface area contributed by atoms with Gasteiger partial charge in [-0.1, -0.05) is 101 Å². The van der Waals surface area contributed by atoms with Crippen molar-refractivity contribution in [1.29, 1.82) is 0 Å². The van der Waals surface area contributed by atoms with E-state index in [2.05, 4.69) is 109 Å². The summed E-state index contributed by atoms with van der Waals surface area (Å²) in [4.78, 5) is 39.3. The van der Waals surface area contributed by atoms with Gasteiger partial charge in [0.15, 0.2) is 0 Å². The van der Waals surface area contributed by atoms with Crippen LogP contribution in [0.4, 0.5) is 0 Å². The van der Waals surface area contributed by atoms with Crippen molar-refractivity contribution in [2.24, 2.45) is 5.41 Å². The lowest BCUT2D eigenvalue weighted by molar-refractivity contribution is -0.0664. The van der Waals surface area contributed by atoms with Gasteiger partial charge in [0, 0.05) is 5.56 Å². The van der Waals surface area contributed by atoms with Crippen LogP contribution in [0.1, 0.15) is 128 Å². The second-order valence-corrected chi connectivity index (χ2v) is 17.9. The van der Waals surface area contributed by atoms with E-state index >= 15 is 0 Å². The zero-order chi connectivity index (χ0) is 34.9. The smallest absolute Gasteiger partial charge is 0.327 e. The van der Waals surface area contributed by atoms with Crippen LogP contribution in [0.15, 0.2) is 24.3 Å². The molecule has 2 aromatic rings. The highest BCUT2D eigenvalue weighted by molar-refractivity contribution is 7.39. The minimum Gasteiger partial charge on any atom is -0.485 e. The molecular weight excluding hydrogens is 610 g/mol. The van der Waals surface area contributed by atoms with Crippen LogP contribution in [0.25, 0.3) is 0 Å². The van der Waals surface area contributed by atoms with E-state index in [-0.39, 0.29) is 34.9 Å². The summed E-state index contributed by atoms with van der Waals surface area (Å²) in [6.45, 7) is 28.7. The molecule has 0 amide bonds. The van der Waals surface area contributed by atoms with Crippen LogP contribution in [0.2, 0.25) is 0 Å². The third-order valence-electron chi connectivity index (χ3n) is 8.37. The third-order valence-corrected chi connectivity index (χ3v) is 9.09. The van der Waals surface area contributed by atoms with Gasteiger partial charge in [0.2, 0.25) is 0 Å². The molecule has 5 N–H and O–H groups in total. The van der Waals surface area contributed by atoms with Crippen molar-refractivity contribution in [2.45, 2.75) is 125 Å². The Kier molecular flexibility index (Phi) is 12.9. The van der Waals surface area contributed by atoms with Gasteiger partial charge in [0.25, 0.3) is 0 Å². The van der Waals surface area contributed by atoms with Gasteiger partial charge in [0.05, 0.1) is 25.2 Å². The molecule has 0 aromatic heterocycles. The number of aliphatic hydroxyl groups excluding tert-OH is 1. The summed E-state index contributed by atoms with van der Waals surface area (Å²) in [5, 5.41) is 11.1. The van der Waals surface area contributed by atoms with Crippen molar-refractivity contribution in [2.75, 3.05) is 19.8 Å². The second kappa shape index (κ2) is 14.5. The predicted octanol–water partition coefficient (Wildman–Crippen LogP) is 8.05. The molecule has 0 fully saturated rings. The molecule has 0 aliphatic carbocycles. The largest absolute Gasteiger partial charge is 0.485 e. The van der Waals surface area contributed by atoms with Gasteiger partial charge >= 0.3 is 17.2 Å². The molecule has 256 valence electrons. The Labute approximate surface area is 274 Å². The quantitative estimate of drug-likeness (QED) is 0.152. The van der Waals surface area contributed by atoms with E-state index in [9.17, 15) is 24.7 Å². The molecular formula is C35H58O8P2. The summed E-state index contributed by atoms with van der Waals surface area (Å²) >= 11 is 0. The molecule has 45 heavy (non-hydrogen) atoms. The molecule has 8 nitrogen and oxygen atoms in total. The summed E-state index contributed by atoms with van der Waals surface area (Å²) in [7, 11) is -5.59. The SMILES string of the molecule is Cc1c(C(C)(C)C)ccc(OC(c2ccc(C(C)(C)C)c(C)c2C(C)(C)C)C(CO)(COP(O)O)COP(O)O)c1C(C)(C)C. The van der Waals surface area contributed by atoms with Crippen LogP contribution in [0.3, 0.4) is 0 Å². The second-order valence-electron chi connectivity index (χ2n) is 16.4. The lowest BCUT2D eigenvalue weighted by atomic mass is 9.70. The first-order valence-electron chi connectivity index (χ1n) is 15.5. The predicted molar refractivity (Wildman–Crippen MR) is 185 cm³/mol. The van der Waals surface area contributed by atoms with Crippen molar-refractivity contribution < 1.29 is 38.5 Å². The van der Waals surface area contributed by atoms with Crippen molar-refractivity contribution in [3.63, 3.8) is 0 Å². The van der Waals surface area contributed by atoms with E-state index in [4.69, 9.17) is 13.8 Å². The molecule has 1 unspecified atom stereocenters. The first-order valence-corrected chi connectivity index (χ1v) is 17.8. The van der Waals surface area contributed by atoms with Crippen LogP contribution in [-0.2, 0) is 30.7 Å². The number of aliphatic hydroxyl groups is 1. The zero-order valence-electron chi connectivity index (χ0n) is 29.9. The molecule has 2 aromatic carbocycles. The molecule has 0 saturated carbocycles. The standard InChI is InChI=1S/C35H58O8P2/c1-22-25(31(3,4)5)16-15-24(28(22)33(9,10)11)30(35(19-36,20-41-44(37)38)21-42-45(39)40)43-27-18-17-26(32(6,7)8)23(2)29(27)34(12,13)14/h15-18,30,36-40H,19-21H2,1-14H3. The van der Waals surface area contributed by atoms with Crippen molar-refractivity contribution in [3.05, 3.63) is 63.2 Å². The van der Waals surface area contributed by atoms with Crippen LogP contribution < -0.4 is 4.74 Å². The summed E-state index contributed by atoms with van der Waals surface area (Å²) in [6, 6.07) is 8.13. The number of hydrogen-bond acceptors (Lipinski definition) is 8. The van der Waals surface area contributed by atoms with Gasteiger partial charge in [-0.25, -0.2) is 0 Å². The summed E-state index contributed by atoms with van der Waals surface area (Å²) in [5.74, 6) is 0.610. The molecule has 0 aliphatic rings. The molecule has 0 saturated heterocycles. The fourth-order valence-corrected chi connectivity index (χ4v) is 7.42. The molecule has 0 heterocycles. The summed E-state index contributed by atoms with van der Waals surface area (Å²) < 4.78 is 17.9. The number of benzene rings is 2. The fourth-order valence-electron chi connectivity index (χ4n) is 6.67. The van der Waals surface area contributed by atoms with E-state index in [1.54, 1.807) is 0 Å². The average molecular weight is 669 g/mol. The molecule has 2 rings (SSSR count). The van der Waals surface area contributed by atoms with Gasteiger partial charge in [-0.15, -0.1) is 0 Å². The normalized spacial score (nSPS) is 14.4. The van der Waals surface area contributed by atoms with E-state index in [1.807, 2.05) is 12.1 Å². The monoisotopic (exact) mass is 668 g/mol. The molecule has 0 radical (unpaired) electrons. The van der Waals surface area contributed by atoms with Crippen molar-refractivity contribution in [1.82, 2.24) is 0 Å². The van der Waals surface area contributed by atoms with Gasteiger partial charge < -0.3 is 38.5 Å². The maximum Gasteiger partial charge on any atom is 0.327 e. The highest BCUT2D eigenvalue weighted by Gasteiger charge is 2.47. The molecule has 0 bridgehead atoms. The maximum absolute atomic E-state index is 11.1. The average Bonchev–Trinajstić information content (AvgIpc) is 2.84. The topological polar surface area (TPSA) is 129 Å². The van der Waals surface area contributed by atoms with Gasteiger partial charge in [-0.3, -0.25) is 0 Å². The van der Waals surface area contributed by atoms with Crippen LogP contribution >= 0.6 is 17.2 Å². The highest BCUT2D eigenvalue weighted by atomic mass is 31.2. The van der Waals surface area contributed by atoms with Crippen LogP contribution in [0.5, 0.6) is 5.75 Å². The van der Waals surface area contributed by atoms with Crippen molar-refractivity contribution >= 4 is 17.2 Å². The lowest BCUT2D eigenvalue weighted by Crippen LogP contribution is -2.45. The van der Waals surface area contributed by atoms with Crippen LogP contribution in [-0.4, -0.2) is 44.5 Å². The third kappa shape index (κ3) is 9.69. The van der Waals surface area contributed by atoms with Gasteiger partial charge in [0.1, 0.15) is 11.9 Å². The molecule has 0 aliphatic heterocycles. The Bertz CT molecular complexity index is 1280. The van der Waals surface area contributed by atoms with Gasteiger partial charge in [-0.2, -0.15) is 0 Å². The first kappa shape index (κ1) is 40.0. The Morgan fingerprint density at radius 2 is 1.00 bits per heavy atom. The van der Waals surface area contributed by atoms with E-state index < -0.39 is 35.3 Å². The minimum atomic E-state index is -2.80. The Morgan fingerprint density at radius 3 is 1.36 bits per heavy atom. The Hall–Kier alpha value is -1.18. The van der Waals surface area contributed by atoms with Gasteiger partial charge in [-0.05, 0) is 75.0 Å². The Morgan fingerprint density at radius 1 is 0.600 bits per heavy atom. The molecule has 1 atom stereocenters. The maximum atomic E-state index is 11.1. The molecule has 10 heteroatoms. The Balaban J connectivity index is 3.12. The first-order chi connectivity index (χ1) is 20.3. The molecule has 0 spiro atoms. The number of hydrogen-bond donors (Lipinski definition) is 5. The highest BCUT2D eigenvalue weighted by Crippen LogP contribution is 2.50. The fraction of sp³-hybridized carbons (Fsp3) is 0.657. The number of ether oxygens (including phenoxy) is 1. The van der Waals surface area contributed by atoms with E-state index in [0.29, 0.717) is 5.75 Å². The van der Waals surface area contributed by atoms with Crippen LogP contribution in [0, 0.1) is 19.3 Å². The zero-order valence-corrected chi connectivity index (χ0v) is 31.7. The number of rotatable bonds is 11. The van der Waals surface area contributed by atoms with E-state index in [0.717, 1.165) is 27.8 Å². The van der Waals surface area contributed by atoms with Crippen molar-refractivity contribution in [3.8, 4) is 5.75 Å². The summed E-state index contributed by atoms with van der Waals surface area (Å²) in [5.41, 5.74) is 4.91.